The third kappa shape index (κ3) is 6.08. The van der Waals surface area contributed by atoms with Gasteiger partial charge in [0.25, 0.3) is 0 Å². The molecule has 370 valence electrons. The summed E-state index contributed by atoms with van der Waals surface area (Å²) in [6.07, 6.45) is 0. The molecule has 0 N–H and O–H groups in total. The number of thiophene rings is 2. The first-order chi connectivity index (χ1) is 37.9. The zero-order valence-corrected chi connectivity index (χ0v) is 46.0. The maximum absolute atomic E-state index is 2.62. The van der Waals surface area contributed by atoms with Gasteiger partial charge >= 0.3 is 0 Å². The molecule has 0 unspecified atom stereocenters. The van der Waals surface area contributed by atoms with Crippen molar-refractivity contribution >= 4 is 139 Å². The van der Waals surface area contributed by atoms with Gasteiger partial charge in [-0.05, 0) is 139 Å². The van der Waals surface area contributed by atoms with Crippen molar-refractivity contribution in [3.63, 3.8) is 0 Å². The monoisotopic (exact) mass is 1030 g/mol. The van der Waals surface area contributed by atoms with Crippen LogP contribution in [0.25, 0.3) is 161 Å². The quantitative estimate of drug-likeness (QED) is 0.166. The molecular weight excluding hydrogens is 981 g/mol. The summed E-state index contributed by atoms with van der Waals surface area (Å²) in [6.45, 7) is 13.8. The first kappa shape index (κ1) is 44.6. The van der Waals surface area contributed by atoms with Gasteiger partial charge in [0.15, 0.2) is 0 Å². The number of hydrogen-bond donors (Lipinski definition) is 0. The molecule has 0 amide bonds. The van der Waals surface area contributed by atoms with E-state index in [0.717, 1.165) is 0 Å². The number of aromatic nitrogens is 2. The third-order valence-electron chi connectivity index (χ3n) is 17.5. The lowest BCUT2D eigenvalue weighted by molar-refractivity contribution is 0.590. The van der Waals surface area contributed by atoms with Crippen molar-refractivity contribution in [2.45, 2.75) is 52.4 Å². The van der Waals surface area contributed by atoms with Crippen LogP contribution in [-0.2, 0) is 10.8 Å². The third-order valence-corrected chi connectivity index (χ3v) is 19.8. The van der Waals surface area contributed by atoms with Crippen molar-refractivity contribution in [1.82, 2.24) is 8.80 Å². The van der Waals surface area contributed by atoms with Crippen molar-refractivity contribution in [2.24, 2.45) is 0 Å². The summed E-state index contributed by atoms with van der Waals surface area (Å²) >= 11 is 3.81. The smallest absolute Gasteiger partial charge is 0.0621 e. The maximum atomic E-state index is 2.62. The highest BCUT2D eigenvalue weighted by Gasteiger charge is 2.28. The molecule has 0 saturated carbocycles. The van der Waals surface area contributed by atoms with Crippen LogP contribution in [0.1, 0.15) is 52.7 Å². The lowest BCUT2D eigenvalue weighted by Crippen LogP contribution is -2.10. The fraction of sp³-hybridized carbons (Fsp3) is 0.108. The van der Waals surface area contributed by atoms with Crippen LogP contribution in [0.3, 0.4) is 0 Å². The van der Waals surface area contributed by atoms with Crippen LogP contribution < -0.4 is 0 Å². The summed E-state index contributed by atoms with van der Waals surface area (Å²) in [4.78, 5) is 0. The Morgan fingerprint density at radius 2 is 0.628 bits per heavy atom. The number of hydrogen-bond acceptors (Lipinski definition) is 2. The molecule has 6 heterocycles. The first-order valence-electron chi connectivity index (χ1n) is 27.4. The Balaban J connectivity index is 1.01. The molecule has 0 aliphatic rings. The Labute approximate surface area is 459 Å². The van der Waals surface area contributed by atoms with Gasteiger partial charge in [0.2, 0.25) is 0 Å². The molecule has 0 spiro atoms. The molecule has 0 bridgehead atoms. The zero-order valence-electron chi connectivity index (χ0n) is 44.3. The Morgan fingerprint density at radius 3 is 1.03 bits per heavy atom. The molecule has 4 heteroatoms. The summed E-state index contributed by atoms with van der Waals surface area (Å²) in [5, 5.41) is 15.7. The highest BCUT2D eigenvalue weighted by atomic mass is 32.1. The topological polar surface area (TPSA) is 8.82 Å². The van der Waals surface area contributed by atoms with E-state index in [1.165, 1.54) is 172 Å². The van der Waals surface area contributed by atoms with Crippen LogP contribution in [0.15, 0.2) is 206 Å². The standard InChI is InChI=1S/C74H52N2S2/c1-73(2,3)45-27-23-41(24-28-45)47-15-7-9-17-49(47)43-35-55-53-39-62-54(40-61(53)75-59-31-33-65-69(67(59)57(37-43)71(55)75)51-19-11-13-21-63(51)77-65)56-36-44(50-18-10-8-16-48(50)42-25-29-46(30-26-42)74(4,5)6)38-58-68-60(76(62)72(56)58)32-34-66-70(68)52-20-12-14-22-64(52)78-66/h7-40H,1-6H3. The van der Waals surface area contributed by atoms with E-state index in [2.05, 4.69) is 257 Å². The van der Waals surface area contributed by atoms with Crippen LogP contribution in [0, 0.1) is 0 Å². The van der Waals surface area contributed by atoms with Crippen LogP contribution in [0.4, 0.5) is 0 Å². The van der Waals surface area contributed by atoms with E-state index < -0.39 is 0 Å². The molecule has 0 radical (unpaired) electrons. The normalized spacial score (nSPS) is 13.0. The van der Waals surface area contributed by atoms with Crippen LogP contribution in [-0.4, -0.2) is 8.80 Å². The second kappa shape index (κ2) is 15.6. The molecule has 0 atom stereocenters. The van der Waals surface area contributed by atoms with Gasteiger partial charge in [-0.25, -0.2) is 0 Å². The molecule has 0 aliphatic carbocycles. The first-order valence-corrected chi connectivity index (χ1v) is 29.0. The molecule has 17 rings (SSSR count). The fourth-order valence-electron chi connectivity index (χ4n) is 13.8. The Morgan fingerprint density at radius 1 is 0.269 bits per heavy atom. The average molecular weight is 1030 g/mol. The number of fused-ring (bicyclic) bond motifs is 20. The van der Waals surface area contributed by atoms with Crippen molar-refractivity contribution in [3.8, 4) is 44.5 Å². The predicted octanol–water partition coefficient (Wildman–Crippen LogP) is 22.0. The van der Waals surface area contributed by atoms with Gasteiger partial charge in [-0.15, -0.1) is 22.7 Å². The Kier molecular flexibility index (Phi) is 8.90. The predicted molar refractivity (Wildman–Crippen MR) is 341 cm³/mol. The second-order valence-electron chi connectivity index (χ2n) is 24.0. The molecule has 6 aromatic heterocycles. The van der Waals surface area contributed by atoms with E-state index in [9.17, 15) is 0 Å². The molecule has 0 saturated heterocycles. The van der Waals surface area contributed by atoms with E-state index in [0.29, 0.717) is 0 Å². The largest absolute Gasteiger partial charge is 0.308 e. The second-order valence-corrected chi connectivity index (χ2v) is 26.2. The number of rotatable bonds is 4. The fourth-order valence-corrected chi connectivity index (χ4v) is 16.0. The summed E-state index contributed by atoms with van der Waals surface area (Å²) in [6, 6.07) is 79.4. The van der Waals surface area contributed by atoms with Crippen LogP contribution >= 0.6 is 22.7 Å². The number of nitrogens with zero attached hydrogens (tertiary/aromatic N) is 2. The Bertz CT molecular complexity index is 5030. The van der Waals surface area contributed by atoms with Crippen molar-refractivity contribution < 1.29 is 0 Å². The van der Waals surface area contributed by atoms with Gasteiger partial charge in [0.1, 0.15) is 0 Å². The molecular formula is C74H52N2S2. The van der Waals surface area contributed by atoms with Gasteiger partial charge < -0.3 is 8.80 Å². The highest BCUT2D eigenvalue weighted by molar-refractivity contribution is 7.26. The SMILES string of the molecule is CC(C)(C)c1ccc(-c2ccccc2-c2cc3c4cc5c(cc4n4c6ccc7sc8ccccc8c7c6c(c2)c34)c2cc(-c3ccccc3-c3ccc(C(C)(C)C)cc3)cc3c4c6c(ccc4n5c23)sc2ccccc26)cc1. The molecule has 17 aromatic rings. The molecule has 11 aromatic carbocycles. The van der Waals surface area contributed by atoms with Gasteiger partial charge in [-0.2, -0.15) is 0 Å². The minimum absolute atomic E-state index is 0.0733. The molecule has 0 aliphatic heterocycles. The van der Waals surface area contributed by atoms with Crippen molar-refractivity contribution in [2.75, 3.05) is 0 Å². The molecule has 0 fully saturated rings. The van der Waals surface area contributed by atoms with Gasteiger partial charge in [-0.1, -0.05) is 175 Å². The van der Waals surface area contributed by atoms with E-state index in [4.69, 9.17) is 0 Å². The summed E-state index contributed by atoms with van der Waals surface area (Å²) in [5.74, 6) is 0. The summed E-state index contributed by atoms with van der Waals surface area (Å²) in [7, 11) is 0. The average Bonchev–Trinajstić information content (AvgIpc) is 2.92. The highest BCUT2D eigenvalue weighted by Crippen LogP contribution is 2.52. The minimum Gasteiger partial charge on any atom is -0.308 e. The van der Waals surface area contributed by atoms with E-state index >= 15 is 0 Å². The van der Waals surface area contributed by atoms with Crippen LogP contribution in [0.5, 0.6) is 0 Å². The molecule has 78 heavy (non-hydrogen) atoms. The molecule has 2 nitrogen and oxygen atoms in total. The zero-order chi connectivity index (χ0) is 52.1. The van der Waals surface area contributed by atoms with E-state index in [1.807, 2.05) is 22.7 Å². The van der Waals surface area contributed by atoms with Crippen molar-refractivity contribution in [1.29, 1.82) is 0 Å². The van der Waals surface area contributed by atoms with E-state index in [-0.39, 0.29) is 10.8 Å². The Hall–Kier alpha value is -8.54. The summed E-state index contributed by atoms with van der Waals surface area (Å²) in [5.41, 5.74) is 20.3. The number of benzene rings is 11. The minimum atomic E-state index is 0.0733. The van der Waals surface area contributed by atoms with Gasteiger partial charge in [0, 0.05) is 83.4 Å². The lowest BCUT2D eigenvalue weighted by Gasteiger charge is -2.19. The van der Waals surface area contributed by atoms with Gasteiger partial charge in [-0.3, -0.25) is 0 Å². The summed E-state index contributed by atoms with van der Waals surface area (Å²) < 4.78 is 10.5. The lowest BCUT2D eigenvalue weighted by atomic mass is 9.85. The van der Waals surface area contributed by atoms with Crippen molar-refractivity contribution in [3.05, 3.63) is 217 Å². The maximum Gasteiger partial charge on any atom is 0.0621 e. The van der Waals surface area contributed by atoms with Crippen LogP contribution in [0.2, 0.25) is 0 Å². The van der Waals surface area contributed by atoms with Gasteiger partial charge in [0.05, 0.1) is 33.1 Å². The van der Waals surface area contributed by atoms with E-state index in [1.54, 1.807) is 0 Å².